The summed E-state index contributed by atoms with van der Waals surface area (Å²) in [6.07, 6.45) is 1.49. The molecule has 1 aromatic heterocycles. The average Bonchev–Trinajstić information content (AvgIpc) is 2.48. The Hall–Kier alpha value is -3.09. The molecule has 0 unspecified atom stereocenters. The van der Waals surface area contributed by atoms with Crippen molar-refractivity contribution in [2.24, 2.45) is 5.73 Å². The maximum Gasteiger partial charge on any atom is 0.320 e. The second kappa shape index (κ2) is 7.07. The minimum atomic E-state index is -0.682. The van der Waals surface area contributed by atoms with Crippen molar-refractivity contribution < 1.29 is 9.59 Å². The number of hydrogen-bond donors (Lipinski definition) is 4. The number of primary amides is 1. The zero-order chi connectivity index (χ0) is 15.9. The molecule has 0 radical (unpaired) electrons. The smallest absolute Gasteiger partial charge is 0.320 e. The Balaban J connectivity index is 2.34. The van der Waals surface area contributed by atoms with Gasteiger partial charge >= 0.3 is 6.03 Å². The molecular formula is C15H17N5O2. The van der Waals surface area contributed by atoms with Gasteiger partial charge in [-0.05, 0) is 25.1 Å². The molecule has 1 aromatic carbocycles. The molecule has 0 aliphatic heterocycles. The first-order valence-corrected chi connectivity index (χ1v) is 6.77. The molecule has 1 heterocycles. The van der Waals surface area contributed by atoms with E-state index in [0.717, 1.165) is 5.69 Å². The molecule has 0 fully saturated rings. The number of aromatic nitrogens is 1. The van der Waals surface area contributed by atoms with Gasteiger partial charge in [-0.1, -0.05) is 18.2 Å². The highest BCUT2D eigenvalue weighted by molar-refractivity contribution is 6.06. The molecule has 0 spiro atoms. The van der Waals surface area contributed by atoms with Gasteiger partial charge in [0.2, 0.25) is 0 Å². The molecular weight excluding hydrogens is 282 g/mol. The molecule has 0 bridgehead atoms. The average molecular weight is 299 g/mol. The molecule has 0 saturated carbocycles. The number of rotatable bonds is 5. The van der Waals surface area contributed by atoms with Gasteiger partial charge in [0.15, 0.2) is 0 Å². The number of pyridine rings is 1. The number of hydrogen-bond acceptors (Lipinski definition) is 4. The van der Waals surface area contributed by atoms with E-state index in [1.54, 1.807) is 13.0 Å². The number of amides is 3. The summed E-state index contributed by atoms with van der Waals surface area (Å²) in [5, 5.41) is 8.17. The van der Waals surface area contributed by atoms with E-state index in [1.807, 2.05) is 30.3 Å². The number of nitrogens with zero attached hydrogens (tertiary/aromatic N) is 1. The van der Waals surface area contributed by atoms with E-state index in [0.29, 0.717) is 12.2 Å². The Morgan fingerprint density at radius 2 is 1.91 bits per heavy atom. The molecule has 0 aliphatic carbocycles. The number of carbonyl (C=O) groups is 2. The van der Waals surface area contributed by atoms with Crippen LogP contribution in [0.25, 0.3) is 0 Å². The monoisotopic (exact) mass is 299 g/mol. The zero-order valence-electron chi connectivity index (χ0n) is 12.1. The third-order valence-corrected chi connectivity index (χ3v) is 2.82. The Bertz CT molecular complexity index is 673. The van der Waals surface area contributed by atoms with Crippen LogP contribution in [-0.2, 0) is 0 Å². The highest BCUT2D eigenvalue weighted by atomic mass is 16.2. The molecule has 0 atom stereocenters. The molecule has 2 aromatic rings. The largest absolute Gasteiger partial charge is 0.365 e. The number of benzene rings is 1. The van der Waals surface area contributed by atoms with Crippen molar-refractivity contribution in [2.45, 2.75) is 6.92 Å². The van der Waals surface area contributed by atoms with Crippen LogP contribution >= 0.6 is 0 Å². The fourth-order valence-corrected chi connectivity index (χ4v) is 1.90. The fraction of sp³-hybridized carbons (Fsp3) is 0.133. The summed E-state index contributed by atoms with van der Waals surface area (Å²) in [5.41, 5.74) is 6.82. The Kier molecular flexibility index (Phi) is 4.92. The molecule has 3 amide bonds. The SMILES string of the molecule is CCNC(=O)Nc1nccc(Nc2ccccc2)c1C(N)=O. The first-order valence-electron chi connectivity index (χ1n) is 6.77. The molecule has 7 nitrogen and oxygen atoms in total. The molecule has 2 rings (SSSR count). The van der Waals surface area contributed by atoms with Gasteiger partial charge in [0.1, 0.15) is 11.4 Å². The van der Waals surface area contributed by atoms with Crippen molar-refractivity contribution >= 4 is 29.1 Å². The summed E-state index contributed by atoms with van der Waals surface area (Å²) < 4.78 is 0. The van der Waals surface area contributed by atoms with E-state index < -0.39 is 11.9 Å². The summed E-state index contributed by atoms with van der Waals surface area (Å²) in [6, 6.07) is 10.5. The maximum absolute atomic E-state index is 11.7. The predicted octanol–water partition coefficient (Wildman–Crippen LogP) is 2.07. The van der Waals surface area contributed by atoms with Gasteiger partial charge in [-0.3, -0.25) is 10.1 Å². The van der Waals surface area contributed by atoms with E-state index >= 15 is 0 Å². The molecule has 0 saturated heterocycles. The number of nitrogens with one attached hydrogen (secondary N) is 3. The number of urea groups is 1. The van der Waals surface area contributed by atoms with Crippen LogP contribution in [0.2, 0.25) is 0 Å². The van der Waals surface area contributed by atoms with E-state index in [-0.39, 0.29) is 11.4 Å². The number of para-hydroxylation sites is 1. The summed E-state index contributed by atoms with van der Waals surface area (Å²) in [6.45, 7) is 2.25. The van der Waals surface area contributed by atoms with Crippen LogP contribution < -0.4 is 21.7 Å². The normalized spacial score (nSPS) is 9.86. The van der Waals surface area contributed by atoms with Gasteiger partial charge in [-0.2, -0.15) is 0 Å². The van der Waals surface area contributed by atoms with E-state index in [1.165, 1.54) is 6.20 Å². The van der Waals surface area contributed by atoms with Crippen molar-refractivity contribution in [3.63, 3.8) is 0 Å². The summed E-state index contributed by atoms with van der Waals surface area (Å²) >= 11 is 0. The standard InChI is InChI=1S/C15H17N5O2/c1-2-17-15(22)20-14-12(13(16)21)11(8-9-18-14)19-10-6-4-3-5-7-10/h3-9H,2H2,1H3,(H2,16,21)(H3,17,18,19,20,22). The van der Waals surface area contributed by atoms with Crippen molar-refractivity contribution in [2.75, 3.05) is 17.2 Å². The number of carbonyl (C=O) groups excluding carboxylic acids is 2. The summed E-state index contributed by atoms with van der Waals surface area (Å²) in [4.78, 5) is 27.4. The quantitative estimate of drug-likeness (QED) is 0.677. The van der Waals surface area contributed by atoms with Crippen LogP contribution in [0, 0.1) is 0 Å². The first-order chi connectivity index (χ1) is 10.6. The second-order valence-corrected chi connectivity index (χ2v) is 4.42. The fourth-order valence-electron chi connectivity index (χ4n) is 1.90. The minimum Gasteiger partial charge on any atom is -0.365 e. The highest BCUT2D eigenvalue weighted by Gasteiger charge is 2.17. The maximum atomic E-state index is 11.7. The third kappa shape index (κ3) is 3.72. The van der Waals surface area contributed by atoms with Crippen molar-refractivity contribution in [1.82, 2.24) is 10.3 Å². The van der Waals surface area contributed by atoms with Crippen molar-refractivity contribution in [3.05, 3.63) is 48.2 Å². The zero-order valence-corrected chi connectivity index (χ0v) is 12.1. The molecule has 114 valence electrons. The minimum absolute atomic E-state index is 0.111. The van der Waals surface area contributed by atoms with Crippen LogP contribution in [0.4, 0.5) is 22.0 Å². The first kappa shape index (κ1) is 15.3. The van der Waals surface area contributed by atoms with Gasteiger partial charge in [0, 0.05) is 18.4 Å². The van der Waals surface area contributed by atoms with E-state index in [2.05, 4.69) is 20.9 Å². The molecule has 22 heavy (non-hydrogen) atoms. The van der Waals surface area contributed by atoms with Gasteiger partial charge in [-0.15, -0.1) is 0 Å². The van der Waals surface area contributed by atoms with E-state index in [4.69, 9.17) is 5.73 Å². The summed E-state index contributed by atoms with van der Waals surface area (Å²) in [7, 11) is 0. The van der Waals surface area contributed by atoms with Gasteiger partial charge in [0.05, 0.1) is 5.69 Å². The van der Waals surface area contributed by atoms with Gasteiger partial charge in [0.25, 0.3) is 5.91 Å². The van der Waals surface area contributed by atoms with Crippen LogP contribution in [-0.4, -0.2) is 23.5 Å². The number of anilines is 3. The number of nitrogens with two attached hydrogens (primary N) is 1. The highest BCUT2D eigenvalue weighted by Crippen LogP contribution is 2.25. The lowest BCUT2D eigenvalue weighted by Gasteiger charge is -2.14. The van der Waals surface area contributed by atoms with Crippen LogP contribution in [0.5, 0.6) is 0 Å². The van der Waals surface area contributed by atoms with Crippen molar-refractivity contribution in [1.29, 1.82) is 0 Å². The Morgan fingerprint density at radius 1 is 1.18 bits per heavy atom. The second-order valence-electron chi connectivity index (χ2n) is 4.42. The topological polar surface area (TPSA) is 109 Å². The Labute approximate surface area is 127 Å². The van der Waals surface area contributed by atoms with Crippen molar-refractivity contribution in [3.8, 4) is 0 Å². The van der Waals surface area contributed by atoms with Crippen LogP contribution in [0.1, 0.15) is 17.3 Å². The molecule has 0 aliphatic rings. The predicted molar refractivity (Wildman–Crippen MR) is 85.2 cm³/mol. The molecule has 7 heteroatoms. The lowest BCUT2D eigenvalue weighted by Crippen LogP contribution is -2.30. The lowest BCUT2D eigenvalue weighted by atomic mass is 10.2. The van der Waals surface area contributed by atoms with E-state index in [9.17, 15) is 9.59 Å². The Morgan fingerprint density at radius 3 is 2.55 bits per heavy atom. The van der Waals surface area contributed by atoms with Crippen LogP contribution in [0.3, 0.4) is 0 Å². The molecule has 5 N–H and O–H groups in total. The third-order valence-electron chi connectivity index (χ3n) is 2.82. The van der Waals surface area contributed by atoms with Crippen LogP contribution in [0.15, 0.2) is 42.6 Å². The van der Waals surface area contributed by atoms with Gasteiger partial charge < -0.3 is 16.4 Å². The summed E-state index contributed by atoms with van der Waals surface area (Å²) in [5.74, 6) is -0.572. The lowest BCUT2D eigenvalue weighted by molar-refractivity contribution is 0.100. The van der Waals surface area contributed by atoms with Gasteiger partial charge in [-0.25, -0.2) is 9.78 Å².